The van der Waals surface area contributed by atoms with Crippen LogP contribution in [0.2, 0.25) is 0 Å². The van der Waals surface area contributed by atoms with Gasteiger partial charge in [-0.05, 0) is 24.0 Å². The summed E-state index contributed by atoms with van der Waals surface area (Å²) < 4.78 is 5.90. The molecule has 5 heteroatoms. The highest BCUT2D eigenvalue weighted by atomic mass is 28.2. The summed E-state index contributed by atoms with van der Waals surface area (Å²) in [6, 6.07) is 15.2. The van der Waals surface area contributed by atoms with Gasteiger partial charge in [-0.1, -0.05) is 63.2 Å². The monoisotopic (exact) mass is 329 g/mol. The molecule has 0 aliphatic carbocycles. The Morgan fingerprint density at radius 1 is 0.957 bits per heavy atom. The lowest BCUT2D eigenvalue weighted by atomic mass is 9.80. The highest BCUT2D eigenvalue weighted by Gasteiger charge is 2.38. The van der Waals surface area contributed by atoms with Crippen LogP contribution in [-0.2, 0) is 15.4 Å². The molecule has 2 aromatic rings. The second kappa shape index (κ2) is 6.26. The van der Waals surface area contributed by atoms with E-state index < -0.39 is 5.60 Å². The Morgan fingerprint density at radius 3 is 2.00 bits per heavy atom. The number of nitro benzene ring substituents is 1. The van der Waals surface area contributed by atoms with E-state index in [9.17, 15) is 10.1 Å². The van der Waals surface area contributed by atoms with Crippen LogP contribution in [0.4, 0.5) is 5.69 Å². The van der Waals surface area contributed by atoms with Gasteiger partial charge in [0, 0.05) is 5.56 Å². The molecule has 1 atom stereocenters. The summed E-state index contributed by atoms with van der Waals surface area (Å²) in [6.45, 7) is 7.87. The van der Waals surface area contributed by atoms with Gasteiger partial charge in [-0.15, -0.1) is 0 Å². The second-order valence-electron chi connectivity index (χ2n) is 6.81. The molecular formula is C18H23NO3Si. The van der Waals surface area contributed by atoms with Gasteiger partial charge in [-0.25, -0.2) is 0 Å². The van der Waals surface area contributed by atoms with Gasteiger partial charge < -0.3 is 4.43 Å². The molecule has 0 saturated heterocycles. The summed E-state index contributed by atoms with van der Waals surface area (Å²) in [4.78, 5) is 11.6. The highest BCUT2D eigenvalue weighted by Crippen LogP contribution is 2.42. The molecule has 1 unspecified atom stereocenters. The number of hydrogen-bond acceptors (Lipinski definition) is 3. The van der Waals surface area contributed by atoms with Gasteiger partial charge in [0.1, 0.15) is 16.1 Å². The van der Waals surface area contributed by atoms with Crippen molar-refractivity contribution in [3.8, 4) is 0 Å². The van der Waals surface area contributed by atoms with E-state index in [0.717, 1.165) is 11.1 Å². The number of nitrogens with zero attached hydrogens (tertiary/aromatic N) is 1. The molecular weight excluding hydrogens is 306 g/mol. The van der Waals surface area contributed by atoms with Crippen LogP contribution in [0.15, 0.2) is 48.5 Å². The molecule has 2 aromatic carbocycles. The zero-order chi connectivity index (χ0) is 17.3. The van der Waals surface area contributed by atoms with Crippen molar-refractivity contribution in [1.29, 1.82) is 0 Å². The summed E-state index contributed by atoms with van der Waals surface area (Å²) in [7, 11) is 0.475. The van der Waals surface area contributed by atoms with Gasteiger partial charge >= 0.3 is 0 Å². The van der Waals surface area contributed by atoms with Gasteiger partial charge in [0.05, 0.1) is 10.5 Å². The topological polar surface area (TPSA) is 52.4 Å². The molecule has 0 bridgehead atoms. The van der Waals surface area contributed by atoms with E-state index in [4.69, 9.17) is 4.43 Å². The summed E-state index contributed by atoms with van der Waals surface area (Å²) in [5.74, 6) is 0. The molecule has 0 heterocycles. The van der Waals surface area contributed by atoms with Gasteiger partial charge in [0.25, 0.3) is 5.69 Å². The zero-order valence-electron chi connectivity index (χ0n) is 14.3. The standard InChI is InChI=1S/C18H23NO3Si/c1-17(2,3)14-11-8-12-15(16(14)19(20)21)18(4,22-23)13-9-6-5-7-10-13/h5-12H,1-4,23H3. The summed E-state index contributed by atoms with van der Waals surface area (Å²) >= 11 is 0. The van der Waals surface area contributed by atoms with Crippen LogP contribution in [0.25, 0.3) is 0 Å². The normalized spacial score (nSPS) is 14.4. The second-order valence-corrected chi connectivity index (χ2v) is 7.22. The van der Waals surface area contributed by atoms with Crippen LogP contribution >= 0.6 is 0 Å². The van der Waals surface area contributed by atoms with Gasteiger partial charge in [-0.3, -0.25) is 10.1 Å². The minimum Gasteiger partial charge on any atom is -0.414 e. The van der Waals surface area contributed by atoms with Gasteiger partial charge in [0.15, 0.2) is 0 Å². The first-order chi connectivity index (χ1) is 10.7. The van der Waals surface area contributed by atoms with Crippen molar-refractivity contribution in [2.75, 3.05) is 0 Å². The molecule has 0 aliphatic heterocycles. The molecule has 0 saturated carbocycles. The maximum Gasteiger partial charge on any atom is 0.279 e. The number of hydrogen-bond donors (Lipinski definition) is 0. The molecule has 23 heavy (non-hydrogen) atoms. The molecule has 0 spiro atoms. The Hall–Kier alpha value is -1.98. The fraction of sp³-hybridized carbons (Fsp3) is 0.333. The largest absolute Gasteiger partial charge is 0.414 e. The number of rotatable bonds is 4. The van der Waals surface area contributed by atoms with Gasteiger partial charge in [-0.2, -0.15) is 0 Å². The lowest BCUT2D eigenvalue weighted by Crippen LogP contribution is -2.29. The molecule has 122 valence electrons. The molecule has 0 fully saturated rings. The molecule has 4 nitrogen and oxygen atoms in total. The maximum absolute atomic E-state index is 11.8. The van der Waals surface area contributed by atoms with Crippen LogP contribution in [0, 0.1) is 10.1 Å². The Kier molecular flexibility index (Phi) is 4.73. The van der Waals surface area contributed by atoms with Gasteiger partial charge in [0.2, 0.25) is 0 Å². The van der Waals surface area contributed by atoms with Crippen LogP contribution in [-0.4, -0.2) is 15.4 Å². The number of benzene rings is 2. The SMILES string of the molecule is CC(C)(C)c1cccc(C(C)(O[SiH3])c2ccccc2)c1[N+](=O)[O-]. The van der Waals surface area contributed by atoms with Crippen LogP contribution in [0.1, 0.15) is 44.4 Å². The predicted molar refractivity (Wildman–Crippen MR) is 95.7 cm³/mol. The fourth-order valence-electron chi connectivity index (χ4n) is 2.87. The van der Waals surface area contributed by atoms with E-state index >= 15 is 0 Å². The Morgan fingerprint density at radius 2 is 1.52 bits per heavy atom. The lowest BCUT2D eigenvalue weighted by molar-refractivity contribution is -0.387. The molecule has 0 aromatic heterocycles. The van der Waals surface area contributed by atoms with E-state index in [2.05, 4.69) is 0 Å². The van der Waals surface area contributed by atoms with Crippen molar-refractivity contribution in [3.05, 3.63) is 75.3 Å². The first-order valence-electron chi connectivity index (χ1n) is 7.61. The van der Waals surface area contributed by atoms with Crippen molar-refractivity contribution in [1.82, 2.24) is 0 Å². The first-order valence-corrected chi connectivity index (χ1v) is 8.42. The van der Waals surface area contributed by atoms with E-state index in [-0.39, 0.29) is 16.0 Å². The Labute approximate surface area is 140 Å². The smallest absolute Gasteiger partial charge is 0.279 e. The summed E-state index contributed by atoms with van der Waals surface area (Å²) in [6.07, 6.45) is 0. The molecule has 0 aliphatic rings. The third-order valence-electron chi connectivity index (χ3n) is 4.27. The average molecular weight is 329 g/mol. The van der Waals surface area contributed by atoms with Crippen molar-refractivity contribution in [2.45, 2.75) is 38.7 Å². The zero-order valence-corrected chi connectivity index (χ0v) is 16.3. The van der Waals surface area contributed by atoms with Crippen molar-refractivity contribution >= 4 is 16.2 Å². The molecule has 2 rings (SSSR count). The minimum absolute atomic E-state index is 0.155. The predicted octanol–water partition coefficient (Wildman–Crippen LogP) is 3.45. The minimum atomic E-state index is -0.822. The van der Waals surface area contributed by atoms with E-state index in [1.807, 2.05) is 70.2 Å². The van der Waals surface area contributed by atoms with Crippen molar-refractivity contribution in [3.63, 3.8) is 0 Å². The van der Waals surface area contributed by atoms with E-state index in [1.165, 1.54) is 0 Å². The van der Waals surface area contributed by atoms with Crippen molar-refractivity contribution < 1.29 is 9.35 Å². The van der Waals surface area contributed by atoms with Crippen LogP contribution in [0.3, 0.4) is 0 Å². The highest BCUT2D eigenvalue weighted by molar-refractivity contribution is 5.98. The number of nitro groups is 1. The summed E-state index contributed by atoms with van der Waals surface area (Å²) in [5.41, 5.74) is 1.27. The quantitative estimate of drug-likeness (QED) is 0.490. The fourth-order valence-corrected chi connectivity index (χ4v) is 3.33. The Bertz CT molecular complexity index is 710. The van der Waals surface area contributed by atoms with Crippen molar-refractivity contribution in [2.24, 2.45) is 0 Å². The molecule has 0 amide bonds. The van der Waals surface area contributed by atoms with Crippen LogP contribution in [0.5, 0.6) is 0 Å². The molecule has 0 N–H and O–H groups in total. The lowest BCUT2D eigenvalue weighted by Gasteiger charge is -2.31. The first kappa shape index (κ1) is 17.4. The third-order valence-corrected chi connectivity index (χ3v) is 5.09. The molecule has 0 radical (unpaired) electrons. The third kappa shape index (κ3) is 3.21. The van der Waals surface area contributed by atoms with E-state index in [1.54, 1.807) is 6.07 Å². The van der Waals surface area contributed by atoms with Crippen LogP contribution < -0.4 is 0 Å². The summed E-state index contributed by atoms with van der Waals surface area (Å²) in [5, 5.41) is 11.8. The average Bonchev–Trinajstić information content (AvgIpc) is 2.53. The Balaban J connectivity index is 2.79. The number of para-hydroxylation sites is 1. The maximum atomic E-state index is 11.8. The van der Waals surface area contributed by atoms with E-state index in [0.29, 0.717) is 16.0 Å².